The van der Waals surface area contributed by atoms with E-state index >= 15 is 0 Å². The maximum absolute atomic E-state index is 4.63. The molecule has 3 aromatic heterocycles. The van der Waals surface area contributed by atoms with Crippen molar-refractivity contribution in [2.45, 2.75) is 20.4 Å². The Labute approximate surface area is 180 Å². The second-order valence-electron chi connectivity index (χ2n) is 8.58. The van der Waals surface area contributed by atoms with Gasteiger partial charge in [0.25, 0.3) is 0 Å². The van der Waals surface area contributed by atoms with Crippen LogP contribution in [0, 0.1) is 25.7 Å². The van der Waals surface area contributed by atoms with E-state index in [-0.39, 0.29) is 0 Å². The van der Waals surface area contributed by atoms with Gasteiger partial charge in [-0.3, -0.25) is 4.90 Å². The molecule has 0 saturated carbocycles. The minimum Gasteiger partial charge on any atom is -0.356 e. The van der Waals surface area contributed by atoms with Crippen LogP contribution in [0.3, 0.4) is 0 Å². The number of likely N-dealkylation sites (tertiary alicyclic amines) is 1. The lowest BCUT2D eigenvalue weighted by Gasteiger charge is -2.21. The average molecular weight is 426 g/mol. The third-order valence-electron chi connectivity index (χ3n) is 5.96. The lowest BCUT2D eigenvalue weighted by atomic mass is 10.0. The molecule has 0 amide bonds. The first-order valence-corrected chi connectivity index (χ1v) is 11.1. The Morgan fingerprint density at radius 1 is 1.03 bits per heavy atom. The summed E-state index contributed by atoms with van der Waals surface area (Å²) in [6.45, 7) is 9.13. The van der Waals surface area contributed by atoms with Crippen molar-refractivity contribution in [3.8, 4) is 5.82 Å². The molecule has 2 aliphatic rings. The van der Waals surface area contributed by atoms with Crippen molar-refractivity contribution in [1.82, 2.24) is 34.0 Å². The second-order valence-corrected chi connectivity index (χ2v) is 9.31. The molecule has 2 unspecified atom stereocenters. The summed E-state index contributed by atoms with van der Waals surface area (Å²) >= 11 is 1.47. The molecule has 30 heavy (non-hydrogen) atoms. The summed E-state index contributed by atoms with van der Waals surface area (Å²) in [5, 5.41) is 5.53. The molecule has 5 heterocycles. The molecular weight excluding hydrogens is 398 g/mol. The van der Waals surface area contributed by atoms with Gasteiger partial charge in [-0.15, -0.1) is 0 Å². The number of anilines is 2. The minimum atomic E-state index is 0.657. The van der Waals surface area contributed by atoms with Crippen LogP contribution in [-0.4, -0.2) is 74.3 Å². The number of aromatic nitrogens is 6. The molecule has 2 atom stereocenters. The van der Waals surface area contributed by atoms with Crippen molar-refractivity contribution in [3.05, 3.63) is 35.7 Å². The predicted molar refractivity (Wildman–Crippen MR) is 117 cm³/mol. The fourth-order valence-corrected chi connectivity index (χ4v) is 5.18. The quantitative estimate of drug-likeness (QED) is 0.612. The first-order valence-electron chi connectivity index (χ1n) is 10.3. The van der Waals surface area contributed by atoms with E-state index in [1.54, 1.807) is 6.33 Å². The summed E-state index contributed by atoms with van der Waals surface area (Å²) < 4.78 is 6.41. The zero-order chi connectivity index (χ0) is 20.8. The molecule has 0 N–H and O–H groups in total. The topological polar surface area (TPSA) is 79.1 Å². The van der Waals surface area contributed by atoms with Crippen LogP contribution in [0.2, 0.25) is 0 Å². The van der Waals surface area contributed by atoms with Gasteiger partial charge < -0.3 is 9.80 Å². The van der Waals surface area contributed by atoms with Crippen LogP contribution < -0.4 is 9.80 Å². The Bertz CT molecular complexity index is 1030. The van der Waals surface area contributed by atoms with Gasteiger partial charge in [-0.1, -0.05) is 0 Å². The van der Waals surface area contributed by atoms with Crippen molar-refractivity contribution < 1.29 is 0 Å². The summed E-state index contributed by atoms with van der Waals surface area (Å²) in [6, 6.07) is 4.12. The Morgan fingerprint density at radius 2 is 1.77 bits per heavy atom. The van der Waals surface area contributed by atoms with E-state index in [1.807, 2.05) is 30.6 Å². The van der Waals surface area contributed by atoms with Crippen LogP contribution in [0.5, 0.6) is 0 Å². The average Bonchev–Trinajstić information content (AvgIpc) is 3.46. The summed E-state index contributed by atoms with van der Waals surface area (Å²) in [5.74, 6) is 4.07. The molecule has 3 aromatic rings. The molecule has 0 aromatic carbocycles. The van der Waals surface area contributed by atoms with Crippen molar-refractivity contribution in [3.63, 3.8) is 0 Å². The van der Waals surface area contributed by atoms with Gasteiger partial charge >= 0.3 is 0 Å². The highest BCUT2D eigenvalue weighted by Gasteiger charge is 2.40. The van der Waals surface area contributed by atoms with E-state index in [4.69, 9.17) is 0 Å². The smallest absolute Gasteiger partial charge is 0.204 e. The number of nitrogens with zero attached hydrogens (tertiary/aromatic N) is 9. The largest absolute Gasteiger partial charge is 0.356 e. The van der Waals surface area contributed by atoms with E-state index < -0.39 is 0 Å². The highest BCUT2D eigenvalue weighted by Crippen LogP contribution is 2.34. The first-order chi connectivity index (χ1) is 14.5. The maximum atomic E-state index is 4.63. The van der Waals surface area contributed by atoms with Crippen LogP contribution in [0.15, 0.2) is 18.5 Å². The van der Waals surface area contributed by atoms with Crippen LogP contribution >= 0.6 is 11.5 Å². The number of aryl methyl sites for hydroxylation is 2. The maximum Gasteiger partial charge on any atom is 0.204 e. The van der Waals surface area contributed by atoms with Crippen LogP contribution in [0.1, 0.15) is 17.2 Å². The normalized spacial score (nSPS) is 21.4. The number of hydrogen-bond acceptors (Lipinski definition) is 9. The van der Waals surface area contributed by atoms with E-state index in [9.17, 15) is 0 Å². The summed E-state index contributed by atoms with van der Waals surface area (Å²) in [5.41, 5.74) is 2.08. The molecule has 9 nitrogen and oxygen atoms in total. The van der Waals surface area contributed by atoms with Crippen LogP contribution in [0.25, 0.3) is 5.82 Å². The standard InChI is InChI=1S/C20H27N9S/c1-13-5-14(2)29(24-13)19-6-18(21-12-22-19)28-9-15-7-27(8-16(15)10-28)11-17-23-20(26(3)4)30-25-17/h5-6,12,15-16H,7-11H2,1-4H3. The second kappa shape index (κ2) is 7.59. The predicted octanol–water partition coefficient (Wildman–Crippen LogP) is 1.76. The summed E-state index contributed by atoms with van der Waals surface area (Å²) in [6.07, 6.45) is 1.65. The Kier molecular flexibility index (Phi) is 4.90. The first kappa shape index (κ1) is 19.4. The molecule has 2 fully saturated rings. The SMILES string of the molecule is Cc1cc(C)n(-c2cc(N3CC4CN(Cc5nsc(N(C)C)n5)CC4C3)ncn2)n1. The van der Waals surface area contributed by atoms with Gasteiger partial charge in [0.2, 0.25) is 5.13 Å². The fraction of sp³-hybridized carbons (Fsp3) is 0.550. The highest BCUT2D eigenvalue weighted by atomic mass is 32.1. The van der Waals surface area contributed by atoms with Crippen LogP contribution in [0.4, 0.5) is 10.9 Å². The van der Waals surface area contributed by atoms with E-state index in [1.165, 1.54) is 11.5 Å². The lowest BCUT2D eigenvalue weighted by molar-refractivity contribution is 0.302. The molecule has 2 saturated heterocycles. The van der Waals surface area contributed by atoms with Gasteiger partial charge in [0, 0.05) is 63.6 Å². The lowest BCUT2D eigenvalue weighted by Crippen LogP contribution is -2.29. The molecule has 0 spiro atoms. The molecule has 2 aliphatic heterocycles. The van der Waals surface area contributed by atoms with Crippen molar-refractivity contribution in [2.24, 2.45) is 11.8 Å². The Hall–Kier alpha value is -2.59. The summed E-state index contributed by atoms with van der Waals surface area (Å²) in [4.78, 5) is 20.5. The van der Waals surface area contributed by atoms with Gasteiger partial charge in [0.05, 0.1) is 12.2 Å². The van der Waals surface area contributed by atoms with Gasteiger partial charge in [-0.25, -0.2) is 19.6 Å². The Morgan fingerprint density at radius 3 is 2.40 bits per heavy atom. The van der Waals surface area contributed by atoms with Crippen molar-refractivity contribution in [1.29, 1.82) is 0 Å². The van der Waals surface area contributed by atoms with E-state index in [0.29, 0.717) is 11.8 Å². The zero-order valence-corrected chi connectivity index (χ0v) is 18.7. The Balaban J connectivity index is 1.23. The van der Waals surface area contributed by atoms with Gasteiger partial charge in [0.15, 0.2) is 11.6 Å². The van der Waals surface area contributed by atoms with Crippen LogP contribution in [-0.2, 0) is 6.54 Å². The number of rotatable bonds is 5. The third-order valence-corrected chi connectivity index (χ3v) is 6.88. The van der Waals surface area contributed by atoms with E-state index in [0.717, 1.165) is 66.7 Å². The van der Waals surface area contributed by atoms with Gasteiger partial charge in [-0.2, -0.15) is 9.47 Å². The van der Waals surface area contributed by atoms with E-state index in [2.05, 4.69) is 53.3 Å². The third kappa shape index (κ3) is 3.65. The zero-order valence-electron chi connectivity index (χ0n) is 17.9. The molecule has 5 rings (SSSR count). The molecule has 0 bridgehead atoms. The van der Waals surface area contributed by atoms with Gasteiger partial charge in [0.1, 0.15) is 12.1 Å². The van der Waals surface area contributed by atoms with Crippen molar-refractivity contribution >= 4 is 22.5 Å². The summed E-state index contributed by atoms with van der Waals surface area (Å²) in [7, 11) is 4.01. The number of fused-ring (bicyclic) bond motifs is 1. The molecule has 0 aliphatic carbocycles. The minimum absolute atomic E-state index is 0.657. The van der Waals surface area contributed by atoms with Crippen molar-refractivity contribution in [2.75, 3.05) is 50.1 Å². The monoisotopic (exact) mass is 425 g/mol. The molecule has 158 valence electrons. The van der Waals surface area contributed by atoms with Gasteiger partial charge in [-0.05, 0) is 31.7 Å². The fourth-order valence-electron chi connectivity index (χ4n) is 4.58. The number of hydrogen-bond donors (Lipinski definition) is 0. The molecular formula is C20H27N9S. The molecule has 10 heteroatoms. The molecule has 0 radical (unpaired) electrons. The highest BCUT2D eigenvalue weighted by molar-refractivity contribution is 7.09.